The molecule has 1 aromatic heterocycles. The molecule has 0 saturated carbocycles. The summed E-state index contributed by atoms with van der Waals surface area (Å²) in [5.41, 5.74) is 2.67. The van der Waals surface area contributed by atoms with Crippen LogP contribution in [0.5, 0.6) is 0 Å². The maximum atomic E-state index is 5.89. The van der Waals surface area contributed by atoms with E-state index in [1.807, 2.05) is 30.5 Å². The lowest BCUT2D eigenvalue weighted by Crippen LogP contribution is -2.18. The van der Waals surface area contributed by atoms with E-state index in [0.717, 1.165) is 11.4 Å². The Kier molecular flexibility index (Phi) is 4.21. The number of hydrogen-bond acceptors (Lipinski definition) is 2. The summed E-state index contributed by atoms with van der Waals surface area (Å²) in [7, 11) is 2.01. The molecule has 1 aromatic carbocycles. The minimum absolute atomic E-state index is 0.385. The minimum Gasteiger partial charge on any atom is -0.312 e. The van der Waals surface area contributed by atoms with E-state index in [1.54, 1.807) is 0 Å². The molecule has 1 N–H and O–H groups in total. The molecule has 1 unspecified atom stereocenters. The van der Waals surface area contributed by atoms with Crippen LogP contribution in [0, 0.1) is 6.92 Å². The molecule has 1 heterocycles. The first kappa shape index (κ1) is 12.6. The third-order valence-corrected chi connectivity index (χ3v) is 4.30. The first-order valence-corrected chi connectivity index (χ1v) is 6.92. The second-order valence-corrected chi connectivity index (χ2v) is 5.52. The van der Waals surface area contributed by atoms with Gasteiger partial charge in [0, 0.05) is 15.9 Å². The molecule has 0 bridgehead atoms. The number of rotatable bonds is 4. The normalized spacial score (nSPS) is 12.6. The number of benzene rings is 1. The molecule has 0 fully saturated rings. The number of thiophene rings is 1. The highest BCUT2D eigenvalue weighted by molar-refractivity contribution is 7.10. The summed E-state index contributed by atoms with van der Waals surface area (Å²) in [6.45, 7) is 2.16. The molecule has 2 aromatic rings. The van der Waals surface area contributed by atoms with Crippen LogP contribution >= 0.6 is 22.9 Å². The van der Waals surface area contributed by atoms with Crippen molar-refractivity contribution in [2.75, 3.05) is 7.05 Å². The zero-order chi connectivity index (χ0) is 12.3. The van der Waals surface area contributed by atoms with Crippen LogP contribution in [0.4, 0.5) is 0 Å². The molecule has 0 aliphatic rings. The lowest BCUT2D eigenvalue weighted by molar-refractivity contribution is 0.599. The molecular weight excluding hydrogens is 250 g/mol. The third kappa shape index (κ3) is 3.09. The SMILES string of the molecule is CNC(Cc1ccc(Cl)cc1)c1sccc1C. The Labute approximate surface area is 111 Å². The van der Waals surface area contributed by atoms with Crippen molar-refractivity contribution < 1.29 is 0 Å². The Morgan fingerprint density at radius 3 is 2.47 bits per heavy atom. The molecule has 3 heteroatoms. The predicted molar refractivity (Wildman–Crippen MR) is 76.0 cm³/mol. The van der Waals surface area contributed by atoms with E-state index in [4.69, 9.17) is 11.6 Å². The number of halogens is 1. The van der Waals surface area contributed by atoms with Gasteiger partial charge in [-0.05, 0) is 55.1 Å². The Morgan fingerprint density at radius 2 is 1.94 bits per heavy atom. The van der Waals surface area contributed by atoms with Gasteiger partial charge < -0.3 is 5.32 Å². The van der Waals surface area contributed by atoms with Crippen LogP contribution in [0.25, 0.3) is 0 Å². The molecule has 0 aliphatic heterocycles. The largest absolute Gasteiger partial charge is 0.312 e. The Hall–Kier alpha value is -0.830. The second-order valence-electron chi connectivity index (χ2n) is 4.14. The minimum atomic E-state index is 0.385. The molecule has 90 valence electrons. The summed E-state index contributed by atoms with van der Waals surface area (Å²) < 4.78 is 0. The molecule has 0 amide bonds. The summed E-state index contributed by atoms with van der Waals surface area (Å²) >= 11 is 7.71. The third-order valence-electron chi connectivity index (χ3n) is 2.92. The Bertz CT molecular complexity index is 475. The van der Waals surface area contributed by atoms with Crippen molar-refractivity contribution in [3.8, 4) is 0 Å². The maximum Gasteiger partial charge on any atom is 0.0455 e. The Balaban J connectivity index is 2.16. The van der Waals surface area contributed by atoms with Crippen molar-refractivity contribution in [1.29, 1.82) is 0 Å². The molecule has 2 rings (SSSR count). The van der Waals surface area contributed by atoms with Gasteiger partial charge in [0.1, 0.15) is 0 Å². The zero-order valence-corrected chi connectivity index (χ0v) is 11.6. The molecule has 0 saturated heterocycles. The summed E-state index contributed by atoms with van der Waals surface area (Å²) in [5.74, 6) is 0. The number of nitrogens with one attached hydrogen (secondary N) is 1. The summed E-state index contributed by atoms with van der Waals surface area (Å²) in [6, 6.07) is 10.6. The predicted octanol–water partition coefficient (Wildman–Crippen LogP) is 4.21. The number of likely N-dealkylation sites (N-methyl/N-ethyl adjacent to an activating group) is 1. The van der Waals surface area contributed by atoms with Gasteiger partial charge in [0.15, 0.2) is 0 Å². The van der Waals surface area contributed by atoms with Gasteiger partial charge in [-0.3, -0.25) is 0 Å². The van der Waals surface area contributed by atoms with Crippen LogP contribution in [0.3, 0.4) is 0 Å². The highest BCUT2D eigenvalue weighted by Crippen LogP contribution is 2.26. The average molecular weight is 266 g/mol. The quantitative estimate of drug-likeness (QED) is 0.873. The van der Waals surface area contributed by atoms with Gasteiger partial charge in [-0.1, -0.05) is 23.7 Å². The number of hydrogen-bond donors (Lipinski definition) is 1. The molecule has 1 nitrogen and oxygen atoms in total. The van der Waals surface area contributed by atoms with E-state index in [-0.39, 0.29) is 0 Å². The first-order valence-electron chi connectivity index (χ1n) is 5.66. The van der Waals surface area contributed by atoms with Gasteiger partial charge in [-0.25, -0.2) is 0 Å². The van der Waals surface area contributed by atoms with Crippen molar-refractivity contribution >= 4 is 22.9 Å². The van der Waals surface area contributed by atoms with Crippen LogP contribution < -0.4 is 5.32 Å². The summed E-state index contributed by atoms with van der Waals surface area (Å²) in [5, 5.41) is 6.33. The van der Waals surface area contributed by atoms with Gasteiger partial charge in [0.2, 0.25) is 0 Å². The molecule has 0 radical (unpaired) electrons. The fourth-order valence-corrected chi connectivity index (χ4v) is 3.09. The molecule has 0 aliphatic carbocycles. The standard InChI is InChI=1S/C14H16ClNS/c1-10-7-8-17-14(10)13(16-2)9-11-3-5-12(15)6-4-11/h3-8,13,16H,9H2,1-2H3. The smallest absolute Gasteiger partial charge is 0.0455 e. The van der Waals surface area contributed by atoms with Crippen molar-refractivity contribution in [2.45, 2.75) is 19.4 Å². The highest BCUT2D eigenvalue weighted by Gasteiger charge is 2.13. The van der Waals surface area contributed by atoms with Crippen LogP contribution in [0.15, 0.2) is 35.7 Å². The van der Waals surface area contributed by atoms with Gasteiger partial charge in [-0.15, -0.1) is 11.3 Å². The van der Waals surface area contributed by atoms with Crippen LogP contribution in [0.2, 0.25) is 5.02 Å². The van der Waals surface area contributed by atoms with Crippen molar-refractivity contribution in [1.82, 2.24) is 5.32 Å². The second kappa shape index (κ2) is 5.67. The van der Waals surface area contributed by atoms with E-state index < -0.39 is 0 Å². The molecule has 0 spiro atoms. The molecular formula is C14H16ClNS. The summed E-state index contributed by atoms with van der Waals surface area (Å²) in [4.78, 5) is 1.42. The lowest BCUT2D eigenvalue weighted by Gasteiger charge is -2.16. The maximum absolute atomic E-state index is 5.89. The van der Waals surface area contributed by atoms with Crippen LogP contribution in [-0.2, 0) is 6.42 Å². The fraction of sp³-hybridized carbons (Fsp3) is 0.286. The first-order chi connectivity index (χ1) is 8.20. The van der Waals surface area contributed by atoms with E-state index in [0.29, 0.717) is 6.04 Å². The Morgan fingerprint density at radius 1 is 1.24 bits per heavy atom. The van der Waals surface area contributed by atoms with E-state index >= 15 is 0 Å². The molecule has 17 heavy (non-hydrogen) atoms. The zero-order valence-electron chi connectivity index (χ0n) is 10.0. The average Bonchev–Trinajstić information content (AvgIpc) is 2.75. The van der Waals surface area contributed by atoms with Gasteiger partial charge >= 0.3 is 0 Å². The monoisotopic (exact) mass is 265 g/mol. The van der Waals surface area contributed by atoms with E-state index in [9.17, 15) is 0 Å². The lowest BCUT2D eigenvalue weighted by atomic mass is 10.0. The van der Waals surface area contributed by atoms with Crippen molar-refractivity contribution in [3.05, 3.63) is 56.7 Å². The van der Waals surface area contributed by atoms with Gasteiger partial charge in [0.25, 0.3) is 0 Å². The van der Waals surface area contributed by atoms with Gasteiger partial charge in [0.05, 0.1) is 0 Å². The number of aryl methyl sites for hydroxylation is 1. The fourth-order valence-electron chi connectivity index (χ4n) is 1.92. The van der Waals surface area contributed by atoms with Gasteiger partial charge in [-0.2, -0.15) is 0 Å². The molecule has 1 atom stereocenters. The van der Waals surface area contributed by atoms with Crippen LogP contribution in [0.1, 0.15) is 22.0 Å². The topological polar surface area (TPSA) is 12.0 Å². The van der Waals surface area contributed by atoms with E-state index in [2.05, 4.69) is 35.8 Å². The summed E-state index contributed by atoms with van der Waals surface area (Å²) in [6.07, 6.45) is 0.995. The van der Waals surface area contributed by atoms with Crippen molar-refractivity contribution in [3.63, 3.8) is 0 Å². The highest BCUT2D eigenvalue weighted by atomic mass is 35.5. The van der Waals surface area contributed by atoms with Crippen LogP contribution in [-0.4, -0.2) is 7.05 Å². The van der Waals surface area contributed by atoms with E-state index in [1.165, 1.54) is 16.0 Å². The van der Waals surface area contributed by atoms with Crippen molar-refractivity contribution in [2.24, 2.45) is 0 Å².